The minimum atomic E-state index is 0.949. The molecule has 0 aliphatic carbocycles. The van der Waals surface area contributed by atoms with Gasteiger partial charge in [0.05, 0.1) is 0 Å². The van der Waals surface area contributed by atoms with Gasteiger partial charge in [0.2, 0.25) is 0 Å². The summed E-state index contributed by atoms with van der Waals surface area (Å²) in [6.07, 6.45) is 11.4. The molecular weight excluding hydrogens is 228 g/mol. The van der Waals surface area contributed by atoms with E-state index in [-0.39, 0.29) is 0 Å². The van der Waals surface area contributed by atoms with Crippen molar-refractivity contribution in [1.29, 1.82) is 0 Å². The molecule has 1 rings (SSSR count). The highest BCUT2D eigenvalue weighted by molar-refractivity contribution is 7.98. The summed E-state index contributed by atoms with van der Waals surface area (Å²) in [6, 6.07) is 2.07. The van der Waals surface area contributed by atoms with Crippen molar-refractivity contribution in [3.8, 4) is 0 Å². The Labute approximate surface area is 110 Å². The van der Waals surface area contributed by atoms with Crippen LogP contribution in [0.1, 0.15) is 36.8 Å². The largest absolute Gasteiger partial charge is 0.313 e. The number of thioether (sulfide) groups is 1. The van der Waals surface area contributed by atoms with E-state index in [0.29, 0.717) is 0 Å². The molecule has 0 aliphatic heterocycles. The van der Waals surface area contributed by atoms with Crippen LogP contribution in [0.4, 0.5) is 0 Å². The van der Waals surface area contributed by atoms with Crippen LogP contribution < -0.4 is 5.32 Å². The van der Waals surface area contributed by atoms with E-state index in [4.69, 9.17) is 0 Å². The summed E-state index contributed by atoms with van der Waals surface area (Å²) in [7, 11) is 0. The lowest BCUT2D eigenvalue weighted by Gasteiger charge is -2.06. The number of unbranched alkanes of at least 4 members (excludes halogenated alkanes) is 3. The number of aromatic nitrogens is 1. The van der Waals surface area contributed by atoms with Crippen molar-refractivity contribution in [3.63, 3.8) is 0 Å². The van der Waals surface area contributed by atoms with Gasteiger partial charge in [0.15, 0.2) is 0 Å². The lowest BCUT2D eigenvalue weighted by molar-refractivity contribution is 0.598. The highest BCUT2D eigenvalue weighted by atomic mass is 32.2. The van der Waals surface area contributed by atoms with Crippen molar-refractivity contribution in [2.24, 2.45) is 0 Å². The summed E-state index contributed by atoms with van der Waals surface area (Å²) in [4.78, 5) is 4.15. The van der Waals surface area contributed by atoms with Crippen LogP contribution in [0.25, 0.3) is 0 Å². The van der Waals surface area contributed by atoms with E-state index < -0.39 is 0 Å². The number of pyridine rings is 1. The van der Waals surface area contributed by atoms with Gasteiger partial charge >= 0.3 is 0 Å². The molecule has 0 saturated carbocycles. The second-order valence-corrected chi connectivity index (χ2v) is 5.37. The Morgan fingerprint density at radius 3 is 2.82 bits per heavy atom. The number of hydrogen-bond acceptors (Lipinski definition) is 3. The van der Waals surface area contributed by atoms with Crippen LogP contribution in [0.15, 0.2) is 18.5 Å². The van der Waals surface area contributed by atoms with Crippen LogP contribution in [-0.2, 0) is 6.54 Å². The summed E-state index contributed by atoms with van der Waals surface area (Å²) in [5, 5.41) is 3.49. The van der Waals surface area contributed by atoms with E-state index in [1.165, 1.54) is 42.6 Å². The molecule has 1 N–H and O–H groups in total. The van der Waals surface area contributed by atoms with E-state index in [1.807, 2.05) is 24.2 Å². The van der Waals surface area contributed by atoms with E-state index in [2.05, 4.69) is 29.5 Å². The quantitative estimate of drug-likeness (QED) is 0.682. The third-order valence-corrected chi connectivity index (χ3v) is 3.61. The summed E-state index contributed by atoms with van der Waals surface area (Å²) in [6.45, 7) is 4.21. The predicted molar refractivity (Wildman–Crippen MR) is 77.5 cm³/mol. The first-order chi connectivity index (χ1) is 8.34. The Kier molecular flexibility index (Phi) is 8.10. The van der Waals surface area contributed by atoms with Crippen molar-refractivity contribution in [1.82, 2.24) is 10.3 Å². The molecule has 0 bridgehead atoms. The molecule has 0 aliphatic rings. The molecule has 0 fully saturated rings. The summed E-state index contributed by atoms with van der Waals surface area (Å²) in [5.41, 5.74) is 2.64. The topological polar surface area (TPSA) is 24.9 Å². The van der Waals surface area contributed by atoms with Crippen LogP contribution in [0.2, 0.25) is 0 Å². The molecule has 0 spiro atoms. The average Bonchev–Trinajstić information content (AvgIpc) is 2.35. The minimum absolute atomic E-state index is 0.949. The zero-order valence-electron chi connectivity index (χ0n) is 11.0. The predicted octanol–water partition coefficient (Wildman–Crippen LogP) is 3.40. The van der Waals surface area contributed by atoms with Gasteiger partial charge in [-0.05, 0) is 55.5 Å². The van der Waals surface area contributed by atoms with Gasteiger partial charge in [-0.25, -0.2) is 0 Å². The van der Waals surface area contributed by atoms with Gasteiger partial charge in [-0.3, -0.25) is 4.98 Å². The first-order valence-corrected chi connectivity index (χ1v) is 7.83. The molecule has 0 atom stereocenters. The maximum atomic E-state index is 4.15. The standard InChI is InChI=1S/C14H24N2S/c1-13-7-9-16-12-14(13)11-15-8-5-3-4-6-10-17-2/h7,9,12,15H,3-6,8,10-11H2,1-2H3. The monoisotopic (exact) mass is 252 g/mol. The maximum Gasteiger partial charge on any atom is 0.0315 e. The Balaban J connectivity index is 1.99. The first kappa shape index (κ1) is 14.5. The molecule has 0 radical (unpaired) electrons. The fourth-order valence-corrected chi connectivity index (χ4v) is 2.25. The zero-order chi connectivity index (χ0) is 12.3. The number of hydrogen-bond donors (Lipinski definition) is 1. The van der Waals surface area contributed by atoms with Crippen molar-refractivity contribution in [3.05, 3.63) is 29.6 Å². The van der Waals surface area contributed by atoms with Gasteiger partial charge in [-0.2, -0.15) is 11.8 Å². The fourth-order valence-electron chi connectivity index (χ4n) is 1.75. The van der Waals surface area contributed by atoms with Crippen LogP contribution in [0.3, 0.4) is 0 Å². The highest BCUT2D eigenvalue weighted by Crippen LogP contribution is 2.05. The third-order valence-electron chi connectivity index (χ3n) is 2.91. The number of nitrogens with one attached hydrogen (secondary N) is 1. The molecule has 17 heavy (non-hydrogen) atoms. The maximum absolute atomic E-state index is 4.15. The summed E-state index contributed by atoms with van der Waals surface area (Å²) >= 11 is 1.95. The summed E-state index contributed by atoms with van der Waals surface area (Å²) < 4.78 is 0. The van der Waals surface area contributed by atoms with Crippen molar-refractivity contribution >= 4 is 11.8 Å². The first-order valence-electron chi connectivity index (χ1n) is 6.43. The zero-order valence-corrected chi connectivity index (χ0v) is 11.9. The van der Waals surface area contributed by atoms with Gasteiger partial charge in [0.25, 0.3) is 0 Å². The molecule has 2 nitrogen and oxygen atoms in total. The molecule has 96 valence electrons. The second kappa shape index (κ2) is 9.49. The smallest absolute Gasteiger partial charge is 0.0315 e. The van der Waals surface area contributed by atoms with E-state index in [1.54, 1.807) is 0 Å². The Bertz CT molecular complexity index is 302. The van der Waals surface area contributed by atoms with Crippen molar-refractivity contribution in [2.45, 2.75) is 39.2 Å². The van der Waals surface area contributed by atoms with Gasteiger partial charge in [-0.1, -0.05) is 12.8 Å². The van der Waals surface area contributed by atoms with E-state index in [0.717, 1.165) is 13.1 Å². The number of aryl methyl sites for hydroxylation is 1. The van der Waals surface area contributed by atoms with Gasteiger partial charge < -0.3 is 5.32 Å². The Morgan fingerprint density at radius 2 is 2.06 bits per heavy atom. The van der Waals surface area contributed by atoms with Crippen molar-refractivity contribution < 1.29 is 0 Å². The third kappa shape index (κ3) is 6.69. The molecule has 1 aromatic heterocycles. The molecule has 0 amide bonds. The van der Waals surface area contributed by atoms with Gasteiger partial charge in [0, 0.05) is 18.9 Å². The Hall–Kier alpha value is -0.540. The van der Waals surface area contributed by atoms with Gasteiger partial charge in [-0.15, -0.1) is 0 Å². The molecule has 1 aromatic rings. The minimum Gasteiger partial charge on any atom is -0.313 e. The van der Waals surface area contributed by atoms with Crippen molar-refractivity contribution in [2.75, 3.05) is 18.6 Å². The SMILES string of the molecule is CSCCCCCCNCc1cnccc1C. The molecule has 0 saturated heterocycles. The molecular formula is C14H24N2S. The van der Waals surface area contributed by atoms with Gasteiger partial charge in [0.1, 0.15) is 0 Å². The van der Waals surface area contributed by atoms with E-state index >= 15 is 0 Å². The van der Waals surface area contributed by atoms with Crippen LogP contribution in [0, 0.1) is 6.92 Å². The van der Waals surface area contributed by atoms with Crippen LogP contribution >= 0.6 is 11.8 Å². The normalized spacial score (nSPS) is 10.7. The average molecular weight is 252 g/mol. The summed E-state index contributed by atoms with van der Waals surface area (Å²) in [5.74, 6) is 1.31. The molecule has 1 heterocycles. The Morgan fingerprint density at radius 1 is 1.24 bits per heavy atom. The van der Waals surface area contributed by atoms with Crippen LogP contribution in [-0.4, -0.2) is 23.5 Å². The van der Waals surface area contributed by atoms with E-state index in [9.17, 15) is 0 Å². The van der Waals surface area contributed by atoms with Crippen LogP contribution in [0.5, 0.6) is 0 Å². The molecule has 0 unspecified atom stereocenters. The molecule has 0 aromatic carbocycles. The number of rotatable bonds is 9. The fraction of sp³-hybridized carbons (Fsp3) is 0.643. The lowest BCUT2D eigenvalue weighted by atomic mass is 10.1. The number of nitrogens with zero attached hydrogens (tertiary/aromatic N) is 1. The molecule has 3 heteroatoms. The second-order valence-electron chi connectivity index (χ2n) is 4.39. The highest BCUT2D eigenvalue weighted by Gasteiger charge is 1.96. The lowest BCUT2D eigenvalue weighted by Crippen LogP contribution is -2.15.